The molecule has 2 N–H and O–H groups in total. The fraction of sp³-hybridized carbons (Fsp3) is 0.308. The lowest BCUT2D eigenvalue weighted by Gasteiger charge is -2.07. The number of pyridine rings is 1. The van der Waals surface area contributed by atoms with Crippen LogP contribution in [0.25, 0.3) is 0 Å². The van der Waals surface area contributed by atoms with Crippen LogP contribution in [0, 0.1) is 6.92 Å². The zero-order chi connectivity index (χ0) is 14.5. The average molecular weight is 295 g/mol. The van der Waals surface area contributed by atoms with Crippen LogP contribution in [0.5, 0.6) is 0 Å². The van der Waals surface area contributed by atoms with Crippen LogP contribution in [-0.2, 0) is 0 Å². The number of hydrogen-bond acceptors (Lipinski definition) is 5. The molecule has 7 heteroatoms. The van der Waals surface area contributed by atoms with E-state index in [1.165, 1.54) is 6.07 Å². The van der Waals surface area contributed by atoms with E-state index in [4.69, 9.17) is 16.1 Å². The van der Waals surface area contributed by atoms with Crippen molar-refractivity contribution in [1.29, 1.82) is 0 Å². The number of amides is 1. The van der Waals surface area contributed by atoms with Crippen LogP contribution >= 0.6 is 11.6 Å². The van der Waals surface area contributed by atoms with E-state index in [9.17, 15) is 4.79 Å². The van der Waals surface area contributed by atoms with Gasteiger partial charge in [-0.15, -0.1) is 0 Å². The summed E-state index contributed by atoms with van der Waals surface area (Å²) in [5.74, 6) is 1.24. The average Bonchev–Trinajstić information content (AvgIpc) is 2.81. The highest BCUT2D eigenvalue weighted by Crippen LogP contribution is 2.16. The summed E-state index contributed by atoms with van der Waals surface area (Å²) in [7, 11) is 0. The molecule has 0 spiro atoms. The normalized spacial score (nSPS) is 10.3. The summed E-state index contributed by atoms with van der Waals surface area (Å²) in [6.45, 7) is 4.55. The number of halogens is 1. The number of carbonyl (C=O) groups excluding carboxylic acids is 1. The molecule has 0 radical (unpaired) electrons. The Morgan fingerprint density at radius 2 is 2.15 bits per heavy atom. The number of aromatic nitrogens is 2. The zero-order valence-electron chi connectivity index (χ0n) is 11.2. The van der Waals surface area contributed by atoms with Crippen LogP contribution in [-0.4, -0.2) is 22.6 Å². The SMILES string of the molecule is CCCNc1cc(C(=O)Nc2cc(C)on2)cc(Cl)n1. The van der Waals surface area contributed by atoms with Crippen molar-refractivity contribution < 1.29 is 9.32 Å². The number of rotatable bonds is 5. The van der Waals surface area contributed by atoms with E-state index in [1.54, 1.807) is 19.1 Å². The summed E-state index contributed by atoms with van der Waals surface area (Å²) in [5.41, 5.74) is 0.407. The molecule has 2 aromatic heterocycles. The minimum atomic E-state index is -0.317. The Bertz CT molecular complexity index is 612. The van der Waals surface area contributed by atoms with Gasteiger partial charge in [-0.25, -0.2) is 4.98 Å². The fourth-order valence-corrected chi connectivity index (χ4v) is 1.79. The quantitative estimate of drug-likeness (QED) is 0.828. The zero-order valence-corrected chi connectivity index (χ0v) is 12.0. The van der Waals surface area contributed by atoms with Crippen molar-refractivity contribution in [3.8, 4) is 0 Å². The first-order valence-corrected chi connectivity index (χ1v) is 6.62. The van der Waals surface area contributed by atoms with Gasteiger partial charge in [0.25, 0.3) is 5.91 Å². The van der Waals surface area contributed by atoms with E-state index < -0.39 is 0 Å². The molecular weight excluding hydrogens is 280 g/mol. The van der Waals surface area contributed by atoms with Crippen molar-refractivity contribution >= 4 is 29.1 Å². The minimum absolute atomic E-state index is 0.257. The van der Waals surface area contributed by atoms with Gasteiger partial charge in [-0.2, -0.15) is 0 Å². The molecule has 0 bridgehead atoms. The van der Waals surface area contributed by atoms with Gasteiger partial charge in [0.05, 0.1) is 0 Å². The highest BCUT2D eigenvalue weighted by molar-refractivity contribution is 6.30. The number of aryl methyl sites for hydroxylation is 1. The Morgan fingerprint density at radius 1 is 1.35 bits per heavy atom. The van der Waals surface area contributed by atoms with Crippen molar-refractivity contribution in [2.45, 2.75) is 20.3 Å². The number of carbonyl (C=O) groups is 1. The van der Waals surface area contributed by atoms with E-state index >= 15 is 0 Å². The summed E-state index contributed by atoms with van der Waals surface area (Å²) in [5, 5.41) is 9.68. The van der Waals surface area contributed by atoms with Gasteiger partial charge in [-0.1, -0.05) is 23.7 Å². The molecule has 0 aliphatic carbocycles. The maximum absolute atomic E-state index is 12.1. The Kier molecular flexibility index (Phi) is 4.57. The molecule has 0 saturated carbocycles. The minimum Gasteiger partial charge on any atom is -0.370 e. The van der Waals surface area contributed by atoms with Gasteiger partial charge in [0, 0.05) is 18.2 Å². The van der Waals surface area contributed by atoms with Gasteiger partial charge >= 0.3 is 0 Å². The second-order valence-corrected chi connectivity index (χ2v) is 4.65. The summed E-state index contributed by atoms with van der Waals surface area (Å²) in [6, 6.07) is 4.78. The fourth-order valence-electron chi connectivity index (χ4n) is 1.59. The molecule has 2 rings (SSSR count). The molecule has 2 aromatic rings. The number of nitrogens with one attached hydrogen (secondary N) is 2. The maximum atomic E-state index is 12.1. The Labute approximate surface area is 121 Å². The third-order valence-corrected chi connectivity index (χ3v) is 2.68. The molecule has 1 amide bonds. The van der Waals surface area contributed by atoms with Gasteiger partial charge < -0.3 is 15.2 Å². The van der Waals surface area contributed by atoms with Crippen LogP contribution in [0.1, 0.15) is 29.5 Å². The van der Waals surface area contributed by atoms with Crippen molar-refractivity contribution in [1.82, 2.24) is 10.1 Å². The molecule has 0 unspecified atom stereocenters. The summed E-state index contributed by atoms with van der Waals surface area (Å²) >= 11 is 5.91. The molecule has 0 aromatic carbocycles. The van der Waals surface area contributed by atoms with Gasteiger partial charge in [-0.05, 0) is 25.5 Å². The standard InChI is InChI=1S/C13H15ClN4O2/c1-3-4-15-11-7-9(6-10(14)16-11)13(19)17-12-5-8(2)20-18-12/h5-7H,3-4H2,1-2H3,(H,15,16)(H,17,18,19). The first-order chi connectivity index (χ1) is 9.58. The van der Waals surface area contributed by atoms with Crippen molar-refractivity contribution in [3.63, 3.8) is 0 Å². The Hall–Kier alpha value is -2.08. The van der Waals surface area contributed by atoms with Crippen LogP contribution in [0.2, 0.25) is 5.15 Å². The van der Waals surface area contributed by atoms with Crippen molar-refractivity contribution in [3.05, 3.63) is 34.7 Å². The number of nitrogens with zero attached hydrogens (tertiary/aromatic N) is 2. The summed E-state index contributed by atoms with van der Waals surface area (Å²) < 4.78 is 4.89. The summed E-state index contributed by atoms with van der Waals surface area (Å²) in [6.07, 6.45) is 0.952. The highest BCUT2D eigenvalue weighted by atomic mass is 35.5. The molecule has 0 atom stereocenters. The van der Waals surface area contributed by atoms with Crippen LogP contribution < -0.4 is 10.6 Å². The molecule has 106 valence electrons. The smallest absolute Gasteiger partial charge is 0.257 e. The van der Waals surface area contributed by atoms with Crippen molar-refractivity contribution in [2.24, 2.45) is 0 Å². The van der Waals surface area contributed by atoms with Gasteiger partial charge in [0.2, 0.25) is 0 Å². The van der Waals surface area contributed by atoms with Crippen molar-refractivity contribution in [2.75, 3.05) is 17.2 Å². The topological polar surface area (TPSA) is 80.0 Å². The Morgan fingerprint density at radius 3 is 2.80 bits per heavy atom. The second-order valence-electron chi connectivity index (χ2n) is 4.27. The molecule has 0 aliphatic heterocycles. The van der Waals surface area contributed by atoms with E-state index in [0.717, 1.165) is 13.0 Å². The largest absolute Gasteiger partial charge is 0.370 e. The predicted octanol–water partition coefficient (Wildman–Crippen LogP) is 3.11. The lowest BCUT2D eigenvalue weighted by atomic mass is 10.2. The first kappa shape index (κ1) is 14.3. The van der Waals surface area contributed by atoms with Gasteiger partial charge in [0.15, 0.2) is 5.82 Å². The van der Waals surface area contributed by atoms with Crippen LogP contribution in [0.15, 0.2) is 22.7 Å². The third-order valence-electron chi connectivity index (χ3n) is 2.48. The first-order valence-electron chi connectivity index (χ1n) is 6.24. The van der Waals surface area contributed by atoms with E-state index in [1.807, 2.05) is 6.92 Å². The molecule has 6 nitrogen and oxygen atoms in total. The molecule has 2 heterocycles. The molecular formula is C13H15ClN4O2. The molecule has 0 saturated heterocycles. The number of anilines is 2. The maximum Gasteiger partial charge on any atom is 0.257 e. The second kappa shape index (κ2) is 6.38. The van der Waals surface area contributed by atoms with Gasteiger partial charge in [0.1, 0.15) is 16.7 Å². The lowest BCUT2D eigenvalue weighted by molar-refractivity contribution is 0.102. The number of hydrogen-bond donors (Lipinski definition) is 2. The highest BCUT2D eigenvalue weighted by Gasteiger charge is 2.11. The molecule has 0 fully saturated rings. The van der Waals surface area contributed by atoms with Crippen LogP contribution in [0.4, 0.5) is 11.6 Å². The summed E-state index contributed by atoms with van der Waals surface area (Å²) in [4.78, 5) is 16.2. The van der Waals surface area contributed by atoms with Crippen LogP contribution in [0.3, 0.4) is 0 Å². The molecule has 0 aliphatic rings. The third kappa shape index (κ3) is 3.71. The Balaban J connectivity index is 2.14. The van der Waals surface area contributed by atoms with Gasteiger partial charge in [-0.3, -0.25) is 4.79 Å². The van der Waals surface area contributed by atoms with E-state index in [2.05, 4.69) is 20.8 Å². The molecule has 20 heavy (non-hydrogen) atoms. The predicted molar refractivity (Wildman–Crippen MR) is 77.2 cm³/mol. The van der Waals surface area contributed by atoms with E-state index in [-0.39, 0.29) is 11.1 Å². The lowest BCUT2D eigenvalue weighted by Crippen LogP contribution is -2.13. The van der Waals surface area contributed by atoms with E-state index in [0.29, 0.717) is 23.0 Å². The monoisotopic (exact) mass is 294 g/mol.